The van der Waals surface area contributed by atoms with Gasteiger partial charge in [0.1, 0.15) is 11.2 Å². The van der Waals surface area contributed by atoms with E-state index in [1.807, 2.05) is 0 Å². The maximum atomic E-state index is 10.4. The normalized spacial score (nSPS) is 37.7. The lowest BCUT2D eigenvalue weighted by atomic mass is 9.63. The highest BCUT2D eigenvalue weighted by Gasteiger charge is 2.74. The predicted molar refractivity (Wildman–Crippen MR) is 183 cm³/mol. The fourth-order valence-electron chi connectivity index (χ4n) is 7.95. The van der Waals surface area contributed by atoms with Crippen LogP contribution in [0, 0.1) is 10.8 Å². The maximum Gasteiger partial charge on any atom is 0.121 e. The van der Waals surface area contributed by atoms with E-state index in [0.717, 1.165) is 12.8 Å². The molecule has 2 aliphatic carbocycles. The first-order valence-electron chi connectivity index (χ1n) is 16.3. The van der Waals surface area contributed by atoms with E-state index < -0.39 is 0 Å². The molecule has 3 fully saturated rings. The average molecular weight is 601 g/mol. The molecule has 6 atom stereocenters. The highest BCUT2D eigenvalue weighted by molar-refractivity contribution is 5.38. The van der Waals surface area contributed by atoms with Crippen molar-refractivity contribution < 1.29 is 19.7 Å². The van der Waals surface area contributed by atoms with E-state index in [0.29, 0.717) is 12.8 Å². The van der Waals surface area contributed by atoms with Crippen LogP contribution >= 0.6 is 0 Å². The first kappa shape index (κ1) is 34.4. The standard InChI is InChI=1S/C40H56O4/c1-28(17-13-18-30(3)21-22-40-37(7,8)25-33(42)27-39(40,10)44-40)15-11-12-16-29(2)19-14-20-31(4)34-23-35-36(5,6)24-32(41)26-38(35,9)43-34/h11-23,32-34,41-42H,24-27H2,1-10H3/b12-11+,17-13+,19-14+,22-21+,28-15+,29-16+,30-18+,31-20+/t32-,33-,34+,38+,39+,40-/m0/s1. The van der Waals surface area contributed by atoms with Crippen LogP contribution in [0.2, 0.25) is 0 Å². The largest absolute Gasteiger partial charge is 0.393 e. The number of hydrogen-bond acceptors (Lipinski definition) is 4. The Hall–Kier alpha value is -2.50. The van der Waals surface area contributed by atoms with Gasteiger partial charge in [0.15, 0.2) is 0 Å². The highest BCUT2D eigenvalue weighted by atomic mass is 16.6. The van der Waals surface area contributed by atoms with Gasteiger partial charge in [-0.2, -0.15) is 0 Å². The Morgan fingerprint density at radius 3 is 1.86 bits per heavy atom. The van der Waals surface area contributed by atoms with E-state index in [1.165, 1.54) is 27.9 Å². The second-order valence-electron chi connectivity index (χ2n) is 15.4. The molecule has 0 unspecified atom stereocenters. The van der Waals surface area contributed by atoms with Crippen LogP contribution in [0.1, 0.15) is 94.9 Å². The summed E-state index contributed by atoms with van der Waals surface area (Å²) < 4.78 is 12.7. The fraction of sp³-hybridized carbons (Fsp3) is 0.550. The van der Waals surface area contributed by atoms with Crippen molar-refractivity contribution in [2.75, 3.05) is 0 Å². The molecule has 0 aromatic rings. The van der Waals surface area contributed by atoms with Gasteiger partial charge in [0.05, 0.1) is 23.9 Å². The van der Waals surface area contributed by atoms with Gasteiger partial charge in [-0.3, -0.25) is 0 Å². The zero-order chi connectivity index (χ0) is 32.6. The quantitative estimate of drug-likeness (QED) is 0.158. The smallest absolute Gasteiger partial charge is 0.121 e. The predicted octanol–water partition coefficient (Wildman–Crippen LogP) is 8.97. The maximum absolute atomic E-state index is 10.4. The lowest BCUT2D eigenvalue weighted by Crippen LogP contribution is -2.46. The molecule has 0 aromatic heterocycles. The Balaban J connectivity index is 1.27. The molecule has 2 aliphatic heterocycles. The van der Waals surface area contributed by atoms with Crippen LogP contribution in [0.25, 0.3) is 0 Å². The molecule has 1 saturated heterocycles. The minimum Gasteiger partial charge on any atom is -0.393 e. The average Bonchev–Trinajstić information content (AvgIpc) is 3.34. The number of epoxide rings is 1. The Bertz CT molecular complexity index is 1380. The topological polar surface area (TPSA) is 62.2 Å². The fourth-order valence-corrected chi connectivity index (χ4v) is 7.95. The Kier molecular flexibility index (Phi) is 9.93. The molecular formula is C40H56O4. The van der Waals surface area contributed by atoms with E-state index in [-0.39, 0.29) is 45.9 Å². The van der Waals surface area contributed by atoms with Gasteiger partial charge in [-0.15, -0.1) is 0 Å². The van der Waals surface area contributed by atoms with Gasteiger partial charge in [-0.25, -0.2) is 0 Å². The number of aliphatic hydroxyl groups is 2. The van der Waals surface area contributed by atoms with Gasteiger partial charge < -0.3 is 19.7 Å². The van der Waals surface area contributed by atoms with Gasteiger partial charge in [0.25, 0.3) is 0 Å². The monoisotopic (exact) mass is 600 g/mol. The van der Waals surface area contributed by atoms with Gasteiger partial charge in [0.2, 0.25) is 0 Å². The second kappa shape index (κ2) is 12.7. The summed E-state index contributed by atoms with van der Waals surface area (Å²) in [5.41, 5.74) is 4.89. The van der Waals surface area contributed by atoms with Gasteiger partial charge in [-0.05, 0) is 83.1 Å². The van der Waals surface area contributed by atoms with Crippen molar-refractivity contribution in [3.8, 4) is 0 Å². The van der Waals surface area contributed by atoms with Crippen LogP contribution < -0.4 is 0 Å². The van der Waals surface area contributed by atoms with Crippen molar-refractivity contribution in [1.29, 1.82) is 0 Å². The van der Waals surface area contributed by atoms with Crippen molar-refractivity contribution in [1.82, 2.24) is 0 Å². The van der Waals surface area contributed by atoms with Gasteiger partial charge in [0, 0.05) is 18.3 Å². The zero-order valence-corrected chi connectivity index (χ0v) is 28.8. The molecule has 2 saturated carbocycles. The number of ether oxygens (including phenoxy) is 2. The molecular weight excluding hydrogens is 544 g/mol. The van der Waals surface area contributed by atoms with Crippen LogP contribution in [0.3, 0.4) is 0 Å². The molecule has 0 radical (unpaired) electrons. The number of allylic oxidation sites excluding steroid dienone is 14. The Morgan fingerprint density at radius 2 is 1.25 bits per heavy atom. The van der Waals surface area contributed by atoms with E-state index in [1.54, 1.807) is 0 Å². The molecule has 4 nitrogen and oxygen atoms in total. The molecule has 240 valence electrons. The Morgan fingerprint density at radius 1 is 0.705 bits per heavy atom. The van der Waals surface area contributed by atoms with Crippen molar-refractivity contribution in [3.63, 3.8) is 0 Å². The number of hydrogen-bond donors (Lipinski definition) is 2. The minimum atomic E-state index is -0.385. The third kappa shape index (κ3) is 7.31. The van der Waals surface area contributed by atoms with Crippen molar-refractivity contribution in [2.45, 2.75) is 130 Å². The molecule has 44 heavy (non-hydrogen) atoms. The summed E-state index contributed by atoms with van der Waals surface area (Å²) >= 11 is 0. The van der Waals surface area contributed by atoms with Gasteiger partial charge in [-0.1, -0.05) is 111 Å². The number of rotatable bonds is 9. The summed E-state index contributed by atoms with van der Waals surface area (Å²) in [6.07, 6.45) is 29.9. The van der Waals surface area contributed by atoms with Crippen molar-refractivity contribution >= 4 is 0 Å². The molecule has 0 amide bonds. The van der Waals surface area contributed by atoms with Crippen molar-refractivity contribution in [2.24, 2.45) is 10.8 Å². The summed E-state index contributed by atoms with van der Waals surface area (Å²) in [6.45, 7) is 21.5. The second-order valence-corrected chi connectivity index (χ2v) is 15.4. The molecule has 4 heteroatoms. The van der Waals surface area contributed by atoms with Crippen LogP contribution in [0.5, 0.6) is 0 Å². The van der Waals surface area contributed by atoms with E-state index in [2.05, 4.69) is 148 Å². The number of fused-ring (bicyclic) bond motifs is 2. The molecule has 2 heterocycles. The molecule has 0 bridgehead atoms. The molecule has 0 spiro atoms. The first-order valence-corrected chi connectivity index (χ1v) is 16.3. The van der Waals surface area contributed by atoms with Crippen LogP contribution in [0.4, 0.5) is 0 Å². The third-order valence-corrected chi connectivity index (χ3v) is 10.2. The van der Waals surface area contributed by atoms with Crippen LogP contribution in [0.15, 0.2) is 107 Å². The van der Waals surface area contributed by atoms with E-state index in [9.17, 15) is 10.2 Å². The number of aliphatic hydroxyl groups excluding tert-OH is 2. The lowest BCUT2D eigenvalue weighted by Gasteiger charge is -2.44. The van der Waals surface area contributed by atoms with E-state index >= 15 is 0 Å². The summed E-state index contributed by atoms with van der Waals surface area (Å²) in [7, 11) is 0. The Labute approximate surface area is 267 Å². The third-order valence-electron chi connectivity index (χ3n) is 10.2. The van der Waals surface area contributed by atoms with Gasteiger partial charge >= 0.3 is 0 Å². The first-order chi connectivity index (χ1) is 20.4. The van der Waals surface area contributed by atoms with Crippen LogP contribution in [-0.2, 0) is 9.47 Å². The summed E-state index contributed by atoms with van der Waals surface area (Å²) in [5.74, 6) is 0. The molecule has 2 N–H and O–H groups in total. The van der Waals surface area contributed by atoms with Crippen LogP contribution in [-0.4, -0.2) is 45.3 Å². The molecule has 4 rings (SSSR count). The SMILES string of the molecule is CC(/C=C/C=C(C)/C=C/[C@@]12O[C@]1(C)C[C@@H](O)CC2(C)C)=C\C=C\C=C(C)\C=C\C=C(/C)[C@H]1C=C2C(C)(C)C[C@H](O)C[C@@]2(C)O1. The van der Waals surface area contributed by atoms with E-state index in [4.69, 9.17) is 9.47 Å². The van der Waals surface area contributed by atoms with Crippen molar-refractivity contribution in [3.05, 3.63) is 107 Å². The summed E-state index contributed by atoms with van der Waals surface area (Å²) in [4.78, 5) is 0. The zero-order valence-electron chi connectivity index (χ0n) is 28.8. The lowest BCUT2D eigenvalue weighted by molar-refractivity contribution is -0.0683. The molecule has 4 aliphatic rings. The minimum absolute atomic E-state index is 0.0500. The summed E-state index contributed by atoms with van der Waals surface area (Å²) in [6, 6.07) is 0. The molecule has 0 aromatic carbocycles. The summed E-state index contributed by atoms with van der Waals surface area (Å²) in [5, 5.41) is 20.6. The highest BCUT2D eigenvalue weighted by Crippen LogP contribution is 2.66.